The Labute approximate surface area is 152 Å². The summed E-state index contributed by atoms with van der Waals surface area (Å²) in [4.78, 5) is 19.0. The van der Waals surface area contributed by atoms with E-state index in [0.717, 1.165) is 34.5 Å². The van der Waals surface area contributed by atoms with Gasteiger partial charge in [0.05, 0.1) is 6.54 Å². The molecule has 132 valence electrons. The Balaban J connectivity index is 1.60. The van der Waals surface area contributed by atoms with Gasteiger partial charge in [-0.1, -0.05) is 19.1 Å². The van der Waals surface area contributed by atoms with Crippen LogP contribution in [-0.2, 0) is 20.0 Å². The summed E-state index contributed by atoms with van der Waals surface area (Å²) >= 11 is 0. The molecule has 2 aromatic heterocycles. The van der Waals surface area contributed by atoms with Gasteiger partial charge in [-0.15, -0.1) is 10.2 Å². The molecule has 1 aromatic carbocycles. The fourth-order valence-corrected chi connectivity index (χ4v) is 3.44. The SMILES string of the molecule is Cc1cccc2c1CN(c1cc([C@H](C)Cc3nncn3C)ccn1)C2=O. The van der Waals surface area contributed by atoms with Crippen LogP contribution < -0.4 is 4.90 Å². The smallest absolute Gasteiger partial charge is 0.260 e. The molecule has 0 saturated heterocycles. The molecule has 3 heterocycles. The van der Waals surface area contributed by atoms with Crippen molar-refractivity contribution in [2.45, 2.75) is 32.7 Å². The number of rotatable bonds is 4. The van der Waals surface area contributed by atoms with Crippen molar-refractivity contribution in [3.63, 3.8) is 0 Å². The van der Waals surface area contributed by atoms with Gasteiger partial charge < -0.3 is 4.57 Å². The largest absolute Gasteiger partial charge is 0.321 e. The first kappa shape index (κ1) is 16.4. The number of hydrogen-bond donors (Lipinski definition) is 0. The number of fused-ring (bicyclic) bond motifs is 1. The molecule has 0 radical (unpaired) electrons. The van der Waals surface area contributed by atoms with Crippen LogP contribution >= 0.6 is 0 Å². The Kier molecular flexibility index (Phi) is 4.03. The van der Waals surface area contributed by atoms with Crippen LogP contribution in [0.4, 0.5) is 5.82 Å². The van der Waals surface area contributed by atoms with Crippen LogP contribution in [0.25, 0.3) is 0 Å². The van der Waals surface area contributed by atoms with Gasteiger partial charge in [-0.05, 0) is 47.7 Å². The van der Waals surface area contributed by atoms with Crippen molar-refractivity contribution < 1.29 is 4.79 Å². The summed E-state index contributed by atoms with van der Waals surface area (Å²) < 4.78 is 1.93. The molecule has 0 aliphatic carbocycles. The third kappa shape index (κ3) is 2.77. The molecule has 6 nitrogen and oxygen atoms in total. The lowest BCUT2D eigenvalue weighted by molar-refractivity contribution is 0.0996. The molecule has 0 unspecified atom stereocenters. The van der Waals surface area contributed by atoms with Crippen LogP contribution in [0.1, 0.15) is 45.7 Å². The maximum Gasteiger partial charge on any atom is 0.260 e. The Morgan fingerprint density at radius 3 is 2.85 bits per heavy atom. The highest BCUT2D eigenvalue weighted by molar-refractivity contribution is 6.09. The van der Waals surface area contributed by atoms with Crippen molar-refractivity contribution in [1.29, 1.82) is 0 Å². The van der Waals surface area contributed by atoms with Crippen molar-refractivity contribution >= 4 is 11.7 Å². The normalized spacial score (nSPS) is 14.6. The first-order valence-corrected chi connectivity index (χ1v) is 8.73. The van der Waals surface area contributed by atoms with Gasteiger partial charge in [0.15, 0.2) is 0 Å². The van der Waals surface area contributed by atoms with E-state index >= 15 is 0 Å². The van der Waals surface area contributed by atoms with E-state index in [0.29, 0.717) is 12.4 Å². The molecule has 0 N–H and O–H groups in total. The van der Waals surface area contributed by atoms with Crippen molar-refractivity contribution in [3.05, 3.63) is 70.9 Å². The zero-order valence-electron chi connectivity index (χ0n) is 15.2. The molecule has 1 aliphatic heterocycles. The number of carbonyl (C=O) groups is 1. The molecule has 1 amide bonds. The third-order valence-electron chi connectivity index (χ3n) is 5.11. The second-order valence-corrected chi connectivity index (χ2v) is 6.90. The van der Waals surface area contributed by atoms with Crippen LogP contribution in [0.2, 0.25) is 0 Å². The van der Waals surface area contributed by atoms with E-state index in [1.807, 2.05) is 48.9 Å². The average Bonchev–Trinajstić information content (AvgIpc) is 3.20. The quantitative estimate of drug-likeness (QED) is 0.728. The molecule has 0 spiro atoms. The molecule has 0 bridgehead atoms. The van der Waals surface area contributed by atoms with E-state index in [1.54, 1.807) is 17.4 Å². The minimum Gasteiger partial charge on any atom is -0.321 e. The summed E-state index contributed by atoms with van der Waals surface area (Å²) in [7, 11) is 1.95. The van der Waals surface area contributed by atoms with Crippen LogP contribution in [-0.4, -0.2) is 25.7 Å². The lowest BCUT2D eigenvalue weighted by Gasteiger charge is -2.17. The molecule has 0 fully saturated rings. The number of benzene rings is 1. The maximum absolute atomic E-state index is 12.8. The van der Waals surface area contributed by atoms with Crippen molar-refractivity contribution in [2.75, 3.05) is 4.90 Å². The topological polar surface area (TPSA) is 63.9 Å². The van der Waals surface area contributed by atoms with Crippen LogP contribution in [0.5, 0.6) is 0 Å². The maximum atomic E-state index is 12.8. The summed E-state index contributed by atoms with van der Waals surface area (Å²) in [5, 5.41) is 8.10. The van der Waals surface area contributed by atoms with Crippen molar-refractivity contribution in [2.24, 2.45) is 7.05 Å². The number of anilines is 1. The fourth-order valence-electron chi connectivity index (χ4n) is 3.44. The summed E-state index contributed by atoms with van der Waals surface area (Å²) in [5.74, 6) is 1.92. The number of aromatic nitrogens is 4. The molecule has 1 atom stereocenters. The Bertz CT molecular complexity index is 978. The summed E-state index contributed by atoms with van der Waals surface area (Å²) in [6.07, 6.45) is 4.27. The number of nitrogens with zero attached hydrogens (tertiary/aromatic N) is 5. The van der Waals surface area contributed by atoms with E-state index in [1.165, 1.54) is 0 Å². The number of hydrogen-bond acceptors (Lipinski definition) is 4. The molecule has 1 aliphatic rings. The molecular formula is C20H21N5O. The number of aryl methyl sites for hydroxylation is 2. The minimum absolute atomic E-state index is 0.0225. The number of amides is 1. The van der Waals surface area contributed by atoms with E-state index in [2.05, 4.69) is 22.1 Å². The predicted molar refractivity (Wildman–Crippen MR) is 99.1 cm³/mol. The van der Waals surface area contributed by atoms with Crippen LogP contribution in [0.3, 0.4) is 0 Å². The lowest BCUT2D eigenvalue weighted by atomic mass is 9.98. The monoisotopic (exact) mass is 347 g/mol. The Hall–Kier alpha value is -3.02. The van der Waals surface area contributed by atoms with E-state index in [4.69, 9.17) is 0 Å². The van der Waals surface area contributed by atoms with Gasteiger partial charge >= 0.3 is 0 Å². The number of pyridine rings is 1. The number of carbonyl (C=O) groups excluding carboxylic acids is 1. The highest BCUT2D eigenvalue weighted by atomic mass is 16.2. The van der Waals surface area contributed by atoms with Crippen LogP contribution in [0, 0.1) is 6.92 Å². The molecule has 6 heteroatoms. The van der Waals surface area contributed by atoms with Gasteiger partial charge in [0.2, 0.25) is 0 Å². The van der Waals surface area contributed by atoms with Crippen molar-refractivity contribution in [3.8, 4) is 0 Å². The summed E-state index contributed by atoms with van der Waals surface area (Å²) in [6, 6.07) is 9.89. The third-order valence-corrected chi connectivity index (χ3v) is 5.11. The van der Waals surface area contributed by atoms with E-state index < -0.39 is 0 Å². The standard InChI is InChI=1S/C20H21N5O/c1-13-5-4-6-16-17(13)11-25(20(16)26)18-10-15(7-8-21-18)14(2)9-19-23-22-12-24(19)3/h4-8,10,12,14H,9,11H2,1-3H3/t14-/m1/s1. The van der Waals surface area contributed by atoms with Crippen LogP contribution in [0.15, 0.2) is 42.9 Å². The zero-order valence-corrected chi connectivity index (χ0v) is 15.2. The predicted octanol–water partition coefficient (Wildman–Crippen LogP) is 3.03. The highest BCUT2D eigenvalue weighted by Gasteiger charge is 2.30. The Morgan fingerprint density at radius 2 is 2.12 bits per heavy atom. The molecule has 0 saturated carbocycles. The van der Waals surface area contributed by atoms with Gasteiger partial charge in [0, 0.05) is 25.2 Å². The van der Waals surface area contributed by atoms with E-state index in [-0.39, 0.29) is 11.8 Å². The first-order chi connectivity index (χ1) is 12.5. The average molecular weight is 347 g/mol. The summed E-state index contributed by atoms with van der Waals surface area (Å²) in [6.45, 7) is 4.77. The molecule has 3 aromatic rings. The van der Waals surface area contributed by atoms with Gasteiger partial charge in [-0.25, -0.2) is 4.98 Å². The van der Waals surface area contributed by atoms with Gasteiger partial charge in [-0.2, -0.15) is 0 Å². The zero-order chi connectivity index (χ0) is 18.3. The second kappa shape index (κ2) is 6.37. The minimum atomic E-state index is 0.0225. The first-order valence-electron chi connectivity index (χ1n) is 8.73. The van der Waals surface area contributed by atoms with Gasteiger partial charge in [-0.3, -0.25) is 9.69 Å². The van der Waals surface area contributed by atoms with Crippen molar-refractivity contribution in [1.82, 2.24) is 19.7 Å². The fraction of sp³-hybridized carbons (Fsp3) is 0.300. The summed E-state index contributed by atoms with van der Waals surface area (Å²) in [5.41, 5.74) is 4.16. The van der Waals surface area contributed by atoms with Gasteiger partial charge in [0.1, 0.15) is 18.0 Å². The molecule has 4 rings (SSSR count). The van der Waals surface area contributed by atoms with Gasteiger partial charge in [0.25, 0.3) is 5.91 Å². The Morgan fingerprint density at radius 1 is 1.27 bits per heavy atom. The van der Waals surface area contributed by atoms with E-state index in [9.17, 15) is 4.79 Å². The highest BCUT2D eigenvalue weighted by Crippen LogP contribution is 2.30. The molecular weight excluding hydrogens is 326 g/mol. The second-order valence-electron chi connectivity index (χ2n) is 6.90. The molecule has 26 heavy (non-hydrogen) atoms. The lowest BCUT2D eigenvalue weighted by Crippen LogP contribution is -2.24.